The molecule has 2 aliphatic rings. The molecule has 4 aromatic rings. The Hall–Kier alpha value is -5.07. The molecule has 0 radical (unpaired) electrons. The number of aromatic nitrogens is 5. The lowest BCUT2D eigenvalue weighted by atomic mass is 9.80. The predicted octanol–water partition coefficient (Wildman–Crippen LogP) is 7.76. The first-order chi connectivity index (χ1) is 25.2. The van der Waals surface area contributed by atoms with Gasteiger partial charge in [0.1, 0.15) is 18.6 Å². The highest BCUT2D eigenvalue weighted by molar-refractivity contribution is 6.33. The van der Waals surface area contributed by atoms with Crippen molar-refractivity contribution in [2.75, 3.05) is 6.61 Å². The first kappa shape index (κ1) is 38.6. The SMILES string of the molecule is CC(C)(F)C[C@]1(c2ccc(-c3cnn(C(F)F)c3)cc2)N=C(N)N([C@H](COC(=O)CC2(C(F)(F)F)CC2)c2ccc(Cl)c(-c3ncnn3C(F)F)c2)C1=O. The van der Waals surface area contributed by atoms with Crippen LogP contribution < -0.4 is 5.73 Å². The minimum Gasteiger partial charge on any atom is -0.463 e. The molecule has 1 aliphatic heterocycles. The summed E-state index contributed by atoms with van der Waals surface area (Å²) in [5.41, 5.74) is 0.840. The number of hydrogen-bond acceptors (Lipinski definition) is 8. The fourth-order valence-electron chi connectivity index (χ4n) is 6.49. The molecule has 3 heterocycles. The van der Waals surface area contributed by atoms with E-state index < -0.39 is 79.2 Å². The number of amides is 1. The molecule has 0 saturated heterocycles. The smallest absolute Gasteiger partial charge is 0.395 e. The molecule has 54 heavy (non-hydrogen) atoms. The Morgan fingerprint density at radius 1 is 1.00 bits per heavy atom. The number of carbonyl (C=O) groups is 2. The fourth-order valence-corrected chi connectivity index (χ4v) is 6.69. The largest absolute Gasteiger partial charge is 0.463 e. The van der Waals surface area contributed by atoms with Crippen molar-refractivity contribution in [3.63, 3.8) is 0 Å². The first-order valence-corrected chi connectivity index (χ1v) is 16.6. The van der Waals surface area contributed by atoms with Gasteiger partial charge in [-0.25, -0.2) is 19.0 Å². The molecule has 1 fully saturated rings. The molecule has 6 rings (SSSR count). The quantitative estimate of drug-likeness (QED) is 0.108. The van der Waals surface area contributed by atoms with Crippen LogP contribution in [0.2, 0.25) is 5.02 Å². The summed E-state index contributed by atoms with van der Waals surface area (Å²) in [4.78, 5) is 36.8. The van der Waals surface area contributed by atoms with Crippen molar-refractivity contribution in [3.8, 4) is 22.5 Å². The van der Waals surface area contributed by atoms with E-state index in [1.807, 2.05) is 0 Å². The minimum absolute atomic E-state index is 0.0520. The van der Waals surface area contributed by atoms with Crippen LogP contribution in [0.4, 0.5) is 35.1 Å². The van der Waals surface area contributed by atoms with Crippen LogP contribution in [0.15, 0.2) is 66.2 Å². The maximum atomic E-state index is 15.6. The Morgan fingerprint density at radius 3 is 2.26 bits per heavy atom. The number of rotatable bonds is 13. The Bertz CT molecular complexity index is 2080. The number of aliphatic imine (C=N–C) groups is 1. The monoisotopic (exact) mass is 786 g/mol. The zero-order valence-corrected chi connectivity index (χ0v) is 29.1. The van der Waals surface area contributed by atoms with Crippen LogP contribution in [0, 0.1) is 5.41 Å². The van der Waals surface area contributed by atoms with Crippen LogP contribution in [0.5, 0.6) is 0 Å². The number of carbonyl (C=O) groups excluding carboxylic acids is 2. The maximum Gasteiger partial charge on any atom is 0.395 e. The zero-order chi connectivity index (χ0) is 39.4. The Balaban J connectivity index is 1.40. The Morgan fingerprint density at radius 2 is 1.69 bits per heavy atom. The summed E-state index contributed by atoms with van der Waals surface area (Å²) in [5, 5.41) is 7.04. The molecule has 288 valence electrons. The van der Waals surface area contributed by atoms with Crippen molar-refractivity contribution in [2.24, 2.45) is 16.1 Å². The number of hydrogen-bond donors (Lipinski definition) is 1. The van der Waals surface area contributed by atoms with Gasteiger partial charge in [0.05, 0.1) is 29.1 Å². The second kappa shape index (κ2) is 14.0. The molecule has 2 aromatic carbocycles. The lowest BCUT2D eigenvalue weighted by Gasteiger charge is -2.33. The number of halogens is 9. The van der Waals surface area contributed by atoms with E-state index in [2.05, 4.69) is 20.2 Å². The van der Waals surface area contributed by atoms with Crippen LogP contribution >= 0.6 is 11.6 Å². The van der Waals surface area contributed by atoms with Gasteiger partial charge in [-0.2, -0.15) is 45.6 Å². The van der Waals surface area contributed by atoms with E-state index in [1.54, 1.807) is 0 Å². The summed E-state index contributed by atoms with van der Waals surface area (Å²) in [7, 11) is 0. The van der Waals surface area contributed by atoms with Gasteiger partial charge in [0.15, 0.2) is 17.3 Å². The molecule has 0 unspecified atom stereocenters. The van der Waals surface area contributed by atoms with Crippen molar-refractivity contribution in [3.05, 3.63) is 77.3 Å². The number of ether oxygens (including phenoxy) is 1. The summed E-state index contributed by atoms with van der Waals surface area (Å²) in [6, 6.07) is 8.22. The van der Waals surface area contributed by atoms with Crippen molar-refractivity contribution in [2.45, 2.75) is 76.1 Å². The predicted molar refractivity (Wildman–Crippen MR) is 177 cm³/mol. The number of alkyl halides is 8. The summed E-state index contributed by atoms with van der Waals surface area (Å²) < 4.78 is 117. The summed E-state index contributed by atoms with van der Waals surface area (Å²) in [6.07, 6.45) is -3.63. The van der Waals surface area contributed by atoms with Gasteiger partial charge in [-0.05, 0) is 55.5 Å². The number of guanidine groups is 1. The molecule has 1 saturated carbocycles. The Kier molecular flexibility index (Phi) is 10.00. The third-order valence-electron chi connectivity index (χ3n) is 9.32. The Labute approximate surface area is 306 Å². The molecule has 20 heteroatoms. The van der Waals surface area contributed by atoms with Crippen molar-refractivity contribution in [1.82, 2.24) is 29.4 Å². The second-order valence-electron chi connectivity index (χ2n) is 13.7. The van der Waals surface area contributed by atoms with Crippen LogP contribution in [-0.4, -0.2) is 65.7 Å². The van der Waals surface area contributed by atoms with E-state index in [-0.39, 0.29) is 45.1 Å². The van der Waals surface area contributed by atoms with Crippen molar-refractivity contribution in [1.29, 1.82) is 0 Å². The number of nitrogens with two attached hydrogens (primary N) is 1. The second-order valence-corrected chi connectivity index (χ2v) is 14.1. The van der Waals surface area contributed by atoms with E-state index in [0.717, 1.165) is 17.4 Å². The standard InChI is InChI=1S/C34H31ClF8N8O3/c1-31(2,40)16-33(21-6-3-18(4-7-21)20-13-46-49(14-20)28(36)37)27(53)50(30(44)48-33)24(15-54-25(52)12-32(9-10-32)34(41,42)43)19-5-8-23(35)22(11-19)26-45-17-47-51(26)29(38)39/h3-8,11,13-14,17,24,28-29H,9-10,12,15-16H2,1-2H3,(H2,44,48)/t24-,33-/m1/s1. The molecule has 1 aliphatic carbocycles. The number of nitrogens with zero attached hydrogens (tertiary/aromatic N) is 7. The summed E-state index contributed by atoms with van der Waals surface area (Å²) >= 11 is 6.38. The van der Waals surface area contributed by atoms with Gasteiger partial charge >= 0.3 is 25.2 Å². The van der Waals surface area contributed by atoms with Crippen LogP contribution in [0.25, 0.3) is 22.5 Å². The summed E-state index contributed by atoms with van der Waals surface area (Å²) in [5.74, 6) is -3.03. The third-order valence-corrected chi connectivity index (χ3v) is 9.65. The molecular formula is C34H31ClF8N8O3. The average Bonchev–Trinajstić information content (AvgIpc) is 3.40. The first-order valence-electron chi connectivity index (χ1n) is 16.3. The molecular weight excluding hydrogens is 756 g/mol. The normalized spacial score (nSPS) is 19.1. The van der Waals surface area contributed by atoms with Gasteiger partial charge in [0, 0.05) is 23.7 Å². The van der Waals surface area contributed by atoms with Gasteiger partial charge in [-0.1, -0.05) is 41.9 Å². The lowest BCUT2D eigenvalue weighted by Crippen LogP contribution is -2.48. The van der Waals surface area contributed by atoms with Gasteiger partial charge in [0.2, 0.25) is 0 Å². The van der Waals surface area contributed by atoms with Gasteiger partial charge < -0.3 is 10.5 Å². The van der Waals surface area contributed by atoms with E-state index in [1.165, 1.54) is 62.5 Å². The number of benzene rings is 2. The van der Waals surface area contributed by atoms with Crippen LogP contribution in [0.3, 0.4) is 0 Å². The molecule has 2 atom stereocenters. The molecule has 0 bridgehead atoms. The number of esters is 1. The summed E-state index contributed by atoms with van der Waals surface area (Å²) in [6.45, 7) is -4.43. The lowest BCUT2D eigenvalue weighted by molar-refractivity contribution is -0.195. The van der Waals surface area contributed by atoms with Crippen LogP contribution in [0.1, 0.15) is 69.8 Å². The minimum atomic E-state index is -4.67. The highest BCUT2D eigenvalue weighted by atomic mass is 35.5. The third kappa shape index (κ3) is 7.37. The molecule has 2 N–H and O–H groups in total. The molecule has 0 spiro atoms. The van der Waals surface area contributed by atoms with Crippen molar-refractivity contribution >= 4 is 29.4 Å². The highest BCUT2D eigenvalue weighted by Crippen LogP contribution is 2.60. The van der Waals surface area contributed by atoms with Gasteiger partial charge in [0.25, 0.3) is 5.91 Å². The molecule has 1 amide bonds. The van der Waals surface area contributed by atoms with Gasteiger partial charge in [-0.3, -0.25) is 14.5 Å². The zero-order valence-electron chi connectivity index (χ0n) is 28.4. The maximum absolute atomic E-state index is 15.6. The molecule has 11 nitrogen and oxygen atoms in total. The van der Waals surface area contributed by atoms with Crippen molar-refractivity contribution < 1.29 is 49.4 Å². The van der Waals surface area contributed by atoms with E-state index in [0.29, 0.717) is 15.8 Å². The van der Waals surface area contributed by atoms with E-state index >= 15 is 4.39 Å². The topological polar surface area (TPSA) is 134 Å². The highest BCUT2D eigenvalue weighted by Gasteiger charge is 2.64. The molecule has 2 aromatic heterocycles. The van der Waals surface area contributed by atoms with Crippen LogP contribution in [-0.2, 0) is 19.9 Å². The average molecular weight is 787 g/mol. The van der Waals surface area contributed by atoms with Gasteiger partial charge in [-0.15, -0.1) is 0 Å². The van der Waals surface area contributed by atoms with E-state index in [9.17, 15) is 40.3 Å². The fraction of sp³-hybridized carbons (Fsp3) is 0.412. The van der Waals surface area contributed by atoms with E-state index in [4.69, 9.17) is 22.1 Å².